The van der Waals surface area contributed by atoms with Gasteiger partial charge in [0, 0.05) is 0 Å². The first-order valence-corrected chi connectivity index (χ1v) is 7.53. The minimum absolute atomic E-state index is 0.0949. The van der Waals surface area contributed by atoms with Crippen LogP contribution in [0.2, 0.25) is 0 Å². The minimum atomic E-state index is -0.327. The van der Waals surface area contributed by atoms with Crippen molar-refractivity contribution in [2.45, 2.75) is 13.8 Å². The third kappa shape index (κ3) is 3.84. The highest BCUT2D eigenvalue weighted by atomic mass is 16.7. The van der Waals surface area contributed by atoms with Crippen molar-refractivity contribution in [1.82, 2.24) is 5.43 Å². The molecule has 0 saturated heterocycles. The molecule has 0 bridgehead atoms. The molecule has 1 N–H and O–H groups in total. The normalized spacial score (nSPS) is 12.4. The Morgan fingerprint density at radius 3 is 2.88 bits per heavy atom. The summed E-state index contributed by atoms with van der Waals surface area (Å²) in [6, 6.07) is 11.2. The number of hydrogen-bond donors (Lipinski definition) is 1. The number of benzene rings is 2. The fourth-order valence-corrected chi connectivity index (χ4v) is 2.31. The Balaban J connectivity index is 1.50. The van der Waals surface area contributed by atoms with Gasteiger partial charge in [-0.1, -0.05) is 17.7 Å². The van der Waals surface area contributed by atoms with E-state index in [9.17, 15) is 4.79 Å². The van der Waals surface area contributed by atoms with Crippen LogP contribution in [-0.4, -0.2) is 25.5 Å². The molecule has 0 unspecified atom stereocenters. The summed E-state index contributed by atoms with van der Waals surface area (Å²) in [6.07, 6.45) is 1.54. The average Bonchev–Trinajstić information content (AvgIpc) is 3.02. The number of aryl methyl sites for hydroxylation is 2. The van der Waals surface area contributed by atoms with Crippen LogP contribution in [0.15, 0.2) is 41.5 Å². The molecule has 3 rings (SSSR count). The summed E-state index contributed by atoms with van der Waals surface area (Å²) in [6.45, 7) is 4.08. The fraction of sp³-hybridized carbons (Fsp3) is 0.222. The van der Waals surface area contributed by atoms with Crippen LogP contribution in [0, 0.1) is 13.8 Å². The van der Waals surface area contributed by atoms with Gasteiger partial charge in [0.1, 0.15) is 5.75 Å². The van der Waals surface area contributed by atoms with Crippen LogP contribution in [0.1, 0.15) is 16.7 Å². The molecule has 124 valence electrons. The minimum Gasteiger partial charge on any atom is -0.483 e. The van der Waals surface area contributed by atoms with Crippen molar-refractivity contribution >= 4 is 12.1 Å². The SMILES string of the molecule is Cc1ccc(OCC(=O)NN=Cc2ccc3c(c2)OCO3)c(C)c1. The third-order valence-corrected chi connectivity index (χ3v) is 3.49. The van der Waals surface area contributed by atoms with Gasteiger partial charge in [-0.2, -0.15) is 5.10 Å². The van der Waals surface area contributed by atoms with E-state index < -0.39 is 0 Å². The highest BCUT2D eigenvalue weighted by Gasteiger charge is 2.12. The molecule has 2 aromatic rings. The number of amides is 1. The van der Waals surface area contributed by atoms with Crippen LogP contribution < -0.4 is 19.6 Å². The fourth-order valence-electron chi connectivity index (χ4n) is 2.31. The van der Waals surface area contributed by atoms with E-state index >= 15 is 0 Å². The Morgan fingerprint density at radius 2 is 2.04 bits per heavy atom. The highest BCUT2D eigenvalue weighted by Crippen LogP contribution is 2.31. The number of hydrazone groups is 1. The van der Waals surface area contributed by atoms with Gasteiger partial charge in [0.25, 0.3) is 5.91 Å². The average molecular weight is 326 g/mol. The number of hydrogen-bond acceptors (Lipinski definition) is 5. The summed E-state index contributed by atoms with van der Waals surface area (Å²) < 4.78 is 16.0. The Kier molecular flexibility index (Phi) is 4.65. The second kappa shape index (κ2) is 7.04. The van der Waals surface area contributed by atoms with E-state index in [0.717, 1.165) is 16.7 Å². The van der Waals surface area contributed by atoms with Gasteiger partial charge in [0.2, 0.25) is 6.79 Å². The molecule has 1 amide bonds. The van der Waals surface area contributed by atoms with Crippen LogP contribution >= 0.6 is 0 Å². The van der Waals surface area contributed by atoms with E-state index in [1.807, 2.05) is 38.1 Å². The lowest BCUT2D eigenvalue weighted by Gasteiger charge is -2.08. The third-order valence-electron chi connectivity index (χ3n) is 3.49. The van der Waals surface area contributed by atoms with Gasteiger partial charge in [-0.25, -0.2) is 5.43 Å². The maximum Gasteiger partial charge on any atom is 0.277 e. The molecular weight excluding hydrogens is 308 g/mol. The summed E-state index contributed by atoms with van der Waals surface area (Å²) in [7, 11) is 0. The molecule has 24 heavy (non-hydrogen) atoms. The summed E-state index contributed by atoms with van der Waals surface area (Å²) in [5, 5.41) is 3.91. The van der Waals surface area contributed by atoms with Crippen molar-refractivity contribution in [2.24, 2.45) is 5.10 Å². The number of nitrogens with zero attached hydrogens (tertiary/aromatic N) is 1. The van der Waals surface area contributed by atoms with E-state index in [4.69, 9.17) is 14.2 Å². The van der Waals surface area contributed by atoms with Gasteiger partial charge in [0.15, 0.2) is 18.1 Å². The number of nitrogens with one attached hydrogen (secondary N) is 1. The van der Waals surface area contributed by atoms with Crippen LogP contribution in [0.5, 0.6) is 17.2 Å². The van der Waals surface area contributed by atoms with Gasteiger partial charge >= 0.3 is 0 Å². The predicted octanol–water partition coefficient (Wildman–Crippen LogP) is 2.56. The molecule has 0 saturated carbocycles. The summed E-state index contributed by atoms with van der Waals surface area (Å²) >= 11 is 0. The Bertz CT molecular complexity index is 787. The van der Waals surface area contributed by atoms with Gasteiger partial charge < -0.3 is 14.2 Å². The zero-order chi connectivity index (χ0) is 16.9. The largest absolute Gasteiger partial charge is 0.483 e. The lowest BCUT2D eigenvalue weighted by Crippen LogP contribution is -2.24. The first kappa shape index (κ1) is 15.9. The van der Waals surface area contributed by atoms with Crippen molar-refractivity contribution in [3.63, 3.8) is 0 Å². The van der Waals surface area contributed by atoms with Crippen LogP contribution in [0.25, 0.3) is 0 Å². The van der Waals surface area contributed by atoms with Crippen LogP contribution in [0.3, 0.4) is 0 Å². The summed E-state index contributed by atoms with van der Waals surface area (Å²) in [5.74, 6) is 1.74. The van der Waals surface area contributed by atoms with Crippen molar-refractivity contribution < 1.29 is 19.0 Å². The molecule has 1 aliphatic heterocycles. The maximum atomic E-state index is 11.8. The maximum absolute atomic E-state index is 11.8. The van der Waals surface area contributed by atoms with Gasteiger partial charge in [-0.05, 0) is 49.2 Å². The van der Waals surface area contributed by atoms with Gasteiger partial charge in [-0.15, -0.1) is 0 Å². The molecule has 0 spiro atoms. The second-order valence-electron chi connectivity index (χ2n) is 5.46. The lowest BCUT2D eigenvalue weighted by atomic mass is 10.1. The molecule has 1 aliphatic rings. The molecule has 2 aromatic carbocycles. The van der Waals surface area contributed by atoms with Crippen LogP contribution in [-0.2, 0) is 4.79 Å². The molecule has 0 atom stereocenters. The second-order valence-corrected chi connectivity index (χ2v) is 5.46. The van der Waals surface area contributed by atoms with E-state index in [1.165, 1.54) is 6.21 Å². The quantitative estimate of drug-likeness (QED) is 0.677. The Hall–Kier alpha value is -3.02. The first-order chi connectivity index (χ1) is 11.6. The molecule has 1 heterocycles. The van der Waals surface area contributed by atoms with Crippen LogP contribution in [0.4, 0.5) is 0 Å². The Morgan fingerprint density at radius 1 is 1.21 bits per heavy atom. The van der Waals surface area contributed by atoms with Crippen molar-refractivity contribution in [1.29, 1.82) is 0 Å². The molecule has 0 aliphatic carbocycles. The molecule has 0 fully saturated rings. The number of rotatable bonds is 5. The van der Waals surface area contributed by atoms with Crippen molar-refractivity contribution in [3.05, 3.63) is 53.1 Å². The lowest BCUT2D eigenvalue weighted by molar-refractivity contribution is -0.123. The number of carbonyl (C=O) groups excluding carboxylic acids is 1. The smallest absolute Gasteiger partial charge is 0.277 e. The van der Waals surface area contributed by atoms with Crippen molar-refractivity contribution in [3.8, 4) is 17.2 Å². The molecule has 6 heteroatoms. The van der Waals surface area contributed by atoms with E-state index in [-0.39, 0.29) is 19.3 Å². The number of ether oxygens (including phenoxy) is 3. The monoisotopic (exact) mass is 326 g/mol. The van der Waals surface area contributed by atoms with E-state index in [1.54, 1.807) is 12.1 Å². The van der Waals surface area contributed by atoms with Gasteiger partial charge in [0.05, 0.1) is 6.21 Å². The summed E-state index contributed by atoms with van der Waals surface area (Å²) in [4.78, 5) is 11.8. The Labute approximate surface area is 140 Å². The molecule has 0 radical (unpaired) electrons. The molecule has 0 aromatic heterocycles. The van der Waals surface area contributed by atoms with Gasteiger partial charge in [-0.3, -0.25) is 4.79 Å². The zero-order valence-electron chi connectivity index (χ0n) is 13.5. The summed E-state index contributed by atoms with van der Waals surface area (Å²) in [5.41, 5.74) is 5.38. The molecular formula is C18H18N2O4. The zero-order valence-corrected chi connectivity index (χ0v) is 13.5. The number of fused-ring (bicyclic) bond motifs is 1. The number of carbonyl (C=O) groups is 1. The predicted molar refractivity (Wildman–Crippen MR) is 89.7 cm³/mol. The van der Waals surface area contributed by atoms with E-state index in [0.29, 0.717) is 17.2 Å². The molecule has 6 nitrogen and oxygen atoms in total. The van der Waals surface area contributed by atoms with E-state index in [2.05, 4.69) is 10.5 Å². The topological polar surface area (TPSA) is 69.2 Å². The highest BCUT2D eigenvalue weighted by molar-refractivity contribution is 5.83. The standard InChI is InChI=1S/C18H18N2O4/c1-12-3-5-15(13(2)7-12)22-10-18(21)20-19-9-14-4-6-16-17(8-14)24-11-23-16/h3-9H,10-11H2,1-2H3,(H,20,21). The first-order valence-electron chi connectivity index (χ1n) is 7.53. The van der Waals surface area contributed by atoms with Crippen molar-refractivity contribution in [2.75, 3.05) is 13.4 Å².